The molecule has 3 rings (SSSR count). The lowest BCUT2D eigenvalue weighted by molar-refractivity contribution is -0.120. The molecular weight excluding hydrogens is 328 g/mol. The highest BCUT2D eigenvalue weighted by Crippen LogP contribution is 2.30. The number of benzene rings is 1. The minimum atomic E-state index is -0.0364. The largest absolute Gasteiger partial charge is 0.464 e. The van der Waals surface area contributed by atoms with Crippen LogP contribution in [0.5, 0.6) is 0 Å². The number of fused-ring (bicyclic) bond motifs is 1. The number of nitrogens with one attached hydrogen (secondary N) is 1. The van der Waals surface area contributed by atoms with Crippen molar-refractivity contribution in [3.8, 4) is 0 Å². The molecule has 0 saturated heterocycles. The van der Waals surface area contributed by atoms with Crippen molar-refractivity contribution in [2.24, 2.45) is 0 Å². The molecule has 26 heavy (non-hydrogen) atoms. The Balaban J connectivity index is 1.59. The van der Waals surface area contributed by atoms with E-state index in [4.69, 9.17) is 4.42 Å². The SMILES string of the molecule is Cc1cc(C)c2c(CC(=O)NCCCn3ccccc3=O)coc2c1C. The van der Waals surface area contributed by atoms with Crippen molar-refractivity contribution in [3.05, 3.63) is 69.3 Å². The van der Waals surface area contributed by atoms with Gasteiger partial charge >= 0.3 is 0 Å². The molecule has 0 aliphatic carbocycles. The van der Waals surface area contributed by atoms with Crippen LogP contribution in [0.25, 0.3) is 11.0 Å². The minimum Gasteiger partial charge on any atom is -0.464 e. The van der Waals surface area contributed by atoms with Gasteiger partial charge in [-0.1, -0.05) is 12.1 Å². The monoisotopic (exact) mass is 352 g/mol. The Bertz CT molecular complexity index is 998. The van der Waals surface area contributed by atoms with Crippen LogP contribution in [-0.2, 0) is 17.8 Å². The van der Waals surface area contributed by atoms with Crippen LogP contribution in [0, 0.1) is 20.8 Å². The number of aryl methyl sites for hydroxylation is 4. The van der Waals surface area contributed by atoms with Crippen molar-refractivity contribution in [1.82, 2.24) is 9.88 Å². The molecule has 0 unspecified atom stereocenters. The van der Waals surface area contributed by atoms with Gasteiger partial charge in [0.15, 0.2) is 0 Å². The van der Waals surface area contributed by atoms with Gasteiger partial charge in [0.1, 0.15) is 5.58 Å². The van der Waals surface area contributed by atoms with Crippen LogP contribution in [0.3, 0.4) is 0 Å². The number of carbonyl (C=O) groups is 1. The van der Waals surface area contributed by atoms with Crippen molar-refractivity contribution >= 4 is 16.9 Å². The van der Waals surface area contributed by atoms with E-state index in [1.807, 2.05) is 19.9 Å². The zero-order chi connectivity index (χ0) is 18.7. The fraction of sp³-hybridized carbons (Fsp3) is 0.333. The van der Waals surface area contributed by atoms with Gasteiger partial charge in [0.05, 0.1) is 12.7 Å². The number of pyridine rings is 1. The average Bonchev–Trinajstić information content (AvgIpc) is 3.02. The van der Waals surface area contributed by atoms with Crippen molar-refractivity contribution < 1.29 is 9.21 Å². The molecule has 2 heterocycles. The summed E-state index contributed by atoms with van der Waals surface area (Å²) >= 11 is 0. The fourth-order valence-electron chi connectivity index (χ4n) is 3.27. The molecule has 0 spiro atoms. The summed E-state index contributed by atoms with van der Waals surface area (Å²) in [4.78, 5) is 23.9. The molecule has 1 N–H and O–H groups in total. The van der Waals surface area contributed by atoms with Crippen LogP contribution in [0.4, 0.5) is 0 Å². The number of nitrogens with zero attached hydrogens (tertiary/aromatic N) is 1. The quantitative estimate of drug-likeness (QED) is 0.693. The molecule has 0 aliphatic rings. The smallest absolute Gasteiger partial charge is 0.250 e. The number of furan rings is 1. The summed E-state index contributed by atoms with van der Waals surface area (Å²) in [7, 11) is 0. The maximum absolute atomic E-state index is 12.3. The van der Waals surface area contributed by atoms with E-state index >= 15 is 0 Å². The van der Waals surface area contributed by atoms with Crippen LogP contribution in [0.15, 0.2) is 45.9 Å². The number of rotatable bonds is 6. The first kappa shape index (κ1) is 18.0. The zero-order valence-corrected chi connectivity index (χ0v) is 15.5. The molecule has 5 heteroatoms. The standard InChI is InChI=1S/C21H24N2O3/c1-14-11-15(2)20-17(13-26-21(20)16(14)3)12-18(24)22-8-6-10-23-9-5-4-7-19(23)25/h4-5,7,9,11,13H,6,8,10,12H2,1-3H3,(H,22,24). The van der Waals surface area contributed by atoms with Gasteiger partial charge in [0, 0.05) is 36.3 Å². The van der Waals surface area contributed by atoms with Crippen molar-refractivity contribution in [3.63, 3.8) is 0 Å². The van der Waals surface area contributed by atoms with Gasteiger partial charge in [-0.05, 0) is 49.9 Å². The van der Waals surface area contributed by atoms with E-state index in [0.717, 1.165) is 27.7 Å². The molecule has 0 aliphatic heterocycles. The van der Waals surface area contributed by atoms with Gasteiger partial charge in [0.2, 0.25) is 11.5 Å². The normalized spacial score (nSPS) is 11.0. The predicted molar refractivity (Wildman–Crippen MR) is 102 cm³/mol. The summed E-state index contributed by atoms with van der Waals surface area (Å²) in [6, 6.07) is 7.22. The van der Waals surface area contributed by atoms with Gasteiger partial charge in [-0.2, -0.15) is 0 Å². The Morgan fingerprint density at radius 2 is 2.00 bits per heavy atom. The van der Waals surface area contributed by atoms with Gasteiger partial charge in [-0.3, -0.25) is 9.59 Å². The van der Waals surface area contributed by atoms with Crippen LogP contribution < -0.4 is 10.9 Å². The second kappa shape index (κ2) is 7.60. The number of hydrogen-bond acceptors (Lipinski definition) is 3. The van der Waals surface area contributed by atoms with Crippen molar-refractivity contribution in [2.75, 3.05) is 6.54 Å². The zero-order valence-electron chi connectivity index (χ0n) is 15.5. The summed E-state index contributed by atoms with van der Waals surface area (Å²) in [5.74, 6) is -0.0364. The Labute approximate surface area is 152 Å². The molecular formula is C21H24N2O3. The Hall–Kier alpha value is -2.82. The molecule has 1 amide bonds. The summed E-state index contributed by atoms with van der Waals surface area (Å²) in [5, 5.41) is 3.97. The number of carbonyl (C=O) groups excluding carboxylic acids is 1. The van der Waals surface area contributed by atoms with Crippen molar-refractivity contribution in [1.29, 1.82) is 0 Å². The van der Waals surface area contributed by atoms with E-state index in [1.54, 1.807) is 23.1 Å². The summed E-state index contributed by atoms with van der Waals surface area (Å²) in [5.41, 5.74) is 5.20. The van der Waals surface area contributed by atoms with Crippen LogP contribution in [0.2, 0.25) is 0 Å². The summed E-state index contributed by atoms with van der Waals surface area (Å²) in [6.07, 6.45) is 4.45. The first-order valence-corrected chi connectivity index (χ1v) is 8.86. The lowest BCUT2D eigenvalue weighted by atomic mass is 9.99. The number of hydrogen-bond donors (Lipinski definition) is 1. The lowest BCUT2D eigenvalue weighted by Gasteiger charge is -2.08. The second-order valence-electron chi connectivity index (χ2n) is 6.71. The van der Waals surface area contributed by atoms with E-state index < -0.39 is 0 Å². The average molecular weight is 352 g/mol. The molecule has 2 aromatic heterocycles. The lowest BCUT2D eigenvalue weighted by Crippen LogP contribution is -2.28. The number of amides is 1. The van der Waals surface area contributed by atoms with Gasteiger partial charge < -0.3 is 14.3 Å². The molecule has 0 bridgehead atoms. The molecule has 0 radical (unpaired) electrons. The highest BCUT2D eigenvalue weighted by molar-refractivity contribution is 5.91. The Morgan fingerprint density at radius 3 is 2.77 bits per heavy atom. The fourth-order valence-corrected chi connectivity index (χ4v) is 3.27. The summed E-state index contributed by atoms with van der Waals surface area (Å²) < 4.78 is 7.36. The molecule has 5 nitrogen and oxygen atoms in total. The third-order valence-electron chi connectivity index (χ3n) is 4.77. The van der Waals surface area contributed by atoms with Crippen LogP contribution >= 0.6 is 0 Å². The van der Waals surface area contributed by atoms with Crippen LogP contribution in [-0.4, -0.2) is 17.0 Å². The topological polar surface area (TPSA) is 64.2 Å². The van der Waals surface area contributed by atoms with E-state index in [1.165, 1.54) is 11.6 Å². The summed E-state index contributed by atoms with van der Waals surface area (Å²) in [6.45, 7) is 7.27. The first-order chi connectivity index (χ1) is 12.5. The van der Waals surface area contributed by atoms with E-state index in [0.29, 0.717) is 25.9 Å². The predicted octanol–water partition coefficient (Wildman–Crippen LogP) is 3.27. The molecule has 0 fully saturated rings. The minimum absolute atomic E-state index is 0.0233. The third-order valence-corrected chi connectivity index (χ3v) is 4.77. The van der Waals surface area contributed by atoms with Gasteiger partial charge in [-0.25, -0.2) is 0 Å². The molecule has 0 saturated carbocycles. The maximum Gasteiger partial charge on any atom is 0.250 e. The molecule has 0 atom stereocenters. The third kappa shape index (κ3) is 3.72. The van der Waals surface area contributed by atoms with Gasteiger partial charge in [-0.15, -0.1) is 0 Å². The highest BCUT2D eigenvalue weighted by Gasteiger charge is 2.15. The van der Waals surface area contributed by atoms with Crippen LogP contribution in [0.1, 0.15) is 28.7 Å². The Morgan fingerprint density at radius 1 is 1.19 bits per heavy atom. The molecule has 3 aromatic rings. The molecule has 1 aromatic carbocycles. The molecule has 136 valence electrons. The number of aromatic nitrogens is 1. The van der Waals surface area contributed by atoms with Crippen molar-refractivity contribution in [2.45, 2.75) is 40.2 Å². The maximum atomic E-state index is 12.3. The van der Waals surface area contributed by atoms with E-state index in [2.05, 4.69) is 18.3 Å². The highest BCUT2D eigenvalue weighted by atomic mass is 16.3. The first-order valence-electron chi connectivity index (χ1n) is 8.86. The van der Waals surface area contributed by atoms with Gasteiger partial charge in [0.25, 0.3) is 0 Å². The van der Waals surface area contributed by atoms with E-state index in [9.17, 15) is 9.59 Å². The second-order valence-corrected chi connectivity index (χ2v) is 6.71. The van der Waals surface area contributed by atoms with E-state index in [-0.39, 0.29) is 11.5 Å². The Kier molecular flexibility index (Phi) is 5.26.